The van der Waals surface area contributed by atoms with E-state index >= 15 is 0 Å². The highest BCUT2D eigenvalue weighted by atomic mass is 32.2. The number of aromatic nitrogens is 4. The van der Waals surface area contributed by atoms with Gasteiger partial charge in [0.05, 0.1) is 22.2 Å². The Morgan fingerprint density at radius 2 is 1.95 bits per heavy atom. The first-order valence-corrected chi connectivity index (χ1v) is 14.0. The minimum absolute atomic E-state index is 0.0739. The number of hydrogen-bond acceptors (Lipinski definition) is 5. The normalized spacial score (nSPS) is 21.6. The maximum absolute atomic E-state index is 14.3. The van der Waals surface area contributed by atoms with E-state index < -0.39 is 15.4 Å². The van der Waals surface area contributed by atoms with E-state index in [1.54, 1.807) is 65.3 Å². The van der Waals surface area contributed by atoms with Crippen LogP contribution in [0.4, 0.5) is 4.39 Å². The lowest BCUT2D eigenvalue weighted by Gasteiger charge is -2.49. The van der Waals surface area contributed by atoms with Crippen molar-refractivity contribution in [3.63, 3.8) is 0 Å². The van der Waals surface area contributed by atoms with Crippen LogP contribution >= 0.6 is 0 Å². The van der Waals surface area contributed by atoms with Crippen LogP contribution in [0, 0.1) is 24.1 Å². The minimum Gasteiger partial charge on any atom is -0.356 e. The van der Waals surface area contributed by atoms with Crippen molar-refractivity contribution >= 4 is 15.8 Å². The van der Waals surface area contributed by atoms with Crippen molar-refractivity contribution in [2.75, 3.05) is 13.1 Å². The Morgan fingerprint density at radius 3 is 2.66 bits per heavy atom. The van der Waals surface area contributed by atoms with E-state index in [0.717, 1.165) is 22.5 Å². The zero-order chi connectivity index (χ0) is 26.7. The largest absolute Gasteiger partial charge is 0.356 e. The first kappa shape index (κ1) is 24.7. The third-order valence-electron chi connectivity index (χ3n) is 7.98. The molecule has 1 aliphatic heterocycles. The SMILES string of the molecule is Cc1ccnc(C(=O)[C@]23Cc4cnn(-c5ccc(F)cc5)c4CC2CCN(S(=O)(=O)c2ccn(C)c2)C3)c1. The molecule has 2 aliphatic rings. The fourth-order valence-electron chi connectivity index (χ4n) is 5.99. The molecule has 8 nitrogen and oxygen atoms in total. The standard InChI is InChI=1S/C28H28FN5O3S/c1-19-7-10-30-25(13-19)27(35)28-15-20-16-31-34(23-5-3-22(29)4-6-23)26(20)14-21(28)8-12-33(18-28)38(36,37)24-9-11-32(2)17-24/h3-7,9-11,13,16-17,21H,8,12,14-15,18H2,1-2H3/t21?,28-/m0/s1. The number of halogens is 1. The number of nitrogens with zero attached hydrogens (tertiary/aromatic N) is 5. The third kappa shape index (κ3) is 3.99. The van der Waals surface area contributed by atoms with Crippen LogP contribution in [0.5, 0.6) is 0 Å². The summed E-state index contributed by atoms with van der Waals surface area (Å²) < 4.78 is 45.8. The number of Topliss-reactive ketones (excluding diaryl/α,β-unsaturated/α-hetero) is 1. The molecule has 1 fully saturated rings. The molecule has 0 bridgehead atoms. The lowest BCUT2D eigenvalue weighted by molar-refractivity contribution is 0.0394. The van der Waals surface area contributed by atoms with Gasteiger partial charge in [-0.3, -0.25) is 9.78 Å². The Balaban J connectivity index is 1.43. The fraction of sp³-hybridized carbons (Fsp3) is 0.321. The molecule has 4 aromatic rings. The van der Waals surface area contributed by atoms with Gasteiger partial charge in [-0.05, 0) is 85.7 Å². The van der Waals surface area contributed by atoms with E-state index in [1.165, 1.54) is 16.4 Å². The number of hydrogen-bond donors (Lipinski definition) is 0. The molecule has 1 saturated heterocycles. The Bertz CT molecular complexity index is 1640. The first-order chi connectivity index (χ1) is 18.2. The third-order valence-corrected chi connectivity index (χ3v) is 9.81. The quantitative estimate of drug-likeness (QED) is 0.365. The highest BCUT2D eigenvalue weighted by molar-refractivity contribution is 7.89. The maximum atomic E-state index is 14.3. The molecule has 6 rings (SSSR count). The number of carbonyl (C=O) groups excluding carboxylic acids is 1. The molecule has 0 radical (unpaired) electrons. The lowest BCUT2D eigenvalue weighted by Crippen LogP contribution is -2.57. The summed E-state index contributed by atoms with van der Waals surface area (Å²) in [4.78, 5) is 18.9. The minimum atomic E-state index is -3.79. The van der Waals surface area contributed by atoms with Crippen molar-refractivity contribution < 1.29 is 17.6 Å². The second-order valence-electron chi connectivity index (χ2n) is 10.4. The summed E-state index contributed by atoms with van der Waals surface area (Å²) in [6.45, 7) is 2.30. The van der Waals surface area contributed by atoms with Gasteiger partial charge in [0.1, 0.15) is 11.5 Å². The van der Waals surface area contributed by atoms with E-state index in [4.69, 9.17) is 0 Å². The molecule has 1 aliphatic carbocycles. The number of piperidine rings is 1. The molecular formula is C28H28FN5O3S. The Labute approximate surface area is 220 Å². The summed E-state index contributed by atoms with van der Waals surface area (Å²) in [6, 6.07) is 11.4. The molecule has 0 N–H and O–H groups in total. The molecule has 38 heavy (non-hydrogen) atoms. The van der Waals surface area contributed by atoms with Gasteiger partial charge in [-0.25, -0.2) is 17.5 Å². The number of fused-ring (bicyclic) bond motifs is 2. The van der Waals surface area contributed by atoms with Gasteiger partial charge in [-0.15, -0.1) is 0 Å². The van der Waals surface area contributed by atoms with Crippen molar-refractivity contribution in [2.24, 2.45) is 18.4 Å². The van der Waals surface area contributed by atoms with Crippen LogP contribution in [0.1, 0.15) is 33.7 Å². The fourth-order valence-corrected chi connectivity index (χ4v) is 7.56. The molecule has 3 aromatic heterocycles. The van der Waals surface area contributed by atoms with Gasteiger partial charge in [-0.2, -0.15) is 9.40 Å². The Hall–Kier alpha value is -3.63. The van der Waals surface area contributed by atoms with Gasteiger partial charge < -0.3 is 4.57 Å². The summed E-state index contributed by atoms with van der Waals surface area (Å²) in [5.74, 6) is -0.570. The molecule has 2 atom stereocenters. The molecule has 196 valence electrons. The summed E-state index contributed by atoms with van der Waals surface area (Å²) in [5, 5.41) is 4.58. The van der Waals surface area contributed by atoms with Crippen LogP contribution in [-0.4, -0.2) is 50.9 Å². The van der Waals surface area contributed by atoms with Crippen LogP contribution in [0.3, 0.4) is 0 Å². The molecule has 4 heterocycles. The van der Waals surface area contributed by atoms with Crippen molar-refractivity contribution in [1.82, 2.24) is 23.6 Å². The van der Waals surface area contributed by atoms with Gasteiger partial charge >= 0.3 is 0 Å². The van der Waals surface area contributed by atoms with Crippen molar-refractivity contribution in [3.05, 3.63) is 95.6 Å². The number of carbonyl (C=O) groups is 1. The van der Waals surface area contributed by atoms with Crippen molar-refractivity contribution in [1.29, 1.82) is 0 Å². The lowest BCUT2D eigenvalue weighted by atomic mass is 9.60. The number of benzene rings is 1. The Kier molecular flexibility index (Phi) is 5.84. The zero-order valence-corrected chi connectivity index (χ0v) is 22.0. The molecule has 1 aromatic carbocycles. The smallest absolute Gasteiger partial charge is 0.244 e. The second-order valence-corrected chi connectivity index (χ2v) is 12.4. The second kappa shape index (κ2) is 8.99. The van der Waals surface area contributed by atoms with Gasteiger partial charge in [0, 0.05) is 44.4 Å². The summed E-state index contributed by atoms with van der Waals surface area (Å²) >= 11 is 0. The Morgan fingerprint density at radius 1 is 1.16 bits per heavy atom. The van der Waals surface area contributed by atoms with Crippen molar-refractivity contribution in [2.45, 2.75) is 31.1 Å². The van der Waals surface area contributed by atoms with Gasteiger partial charge in [0.25, 0.3) is 0 Å². The average molecular weight is 534 g/mol. The van der Waals surface area contributed by atoms with Crippen LogP contribution in [0.25, 0.3) is 5.69 Å². The summed E-state index contributed by atoms with van der Waals surface area (Å²) in [6.07, 6.45) is 8.09. The summed E-state index contributed by atoms with van der Waals surface area (Å²) in [7, 11) is -2.01. The average Bonchev–Trinajstić information content (AvgIpc) is 3.53. The molecule has 0 spiro atoms. The molecule has 10 heteroatoms. The number of ketones is 1. The number of aryl methyl sites for hydroxylation is 2. The van der Waals surface area contributed by atoms with E-state index in [0.29, 0.717) is 31.5 Å². The topological polar surface area (TPSA) is 90.1 Å². The molecular weight excluding hydrogens is 505 g/mol. The highest BCUT2D eigenvalue weighted by Gasteiger charge is 2.54. The highest BCUT2D eigenvalue weighted by Crippen LogP contribution is 2.48. The number of rotatable bonds is 5. The monoisotopic (exact) mass is 533 g/mol. The zero-order valence-electron chi connectivity index (χ0n) is 21.2. The van der Waals surface area contributed by atoms with Gasteiger partial charge in [0.2, 0.25) is 10.0 Å². The molecule has 0 saturated carbocycles. The predicted octanol–water partition coefficient (Wildman–Crippen LogP) is 3.73. The number of pyridine rings is 1. The van der Waals surface area contributed by atoms with E-state index in [-0.39, 0.29) is 29.0 Å². The van der Waals surface area contributed by atoms with Gasteiger partial charge in [-0.1, -0.05) is 0 Å². The maximum Gasteiger partial charge on any atom is 0.244 e. The van der Waals surface area contributed by atoms with Crippen LogP contribution in [-0.2, 0) is 29.9 Å². The van der Waals surface area contributed by atoms with Crippen LogP contribution in [0.2, 0.25) is 0 Å². The van der Waals surface area contributed by atoms with E-state index in [1.807, 2.05) is 13.0 Å². The summed E-state index contributed by atoms with van der Waals surface area (Å²) in [5.41, 5.74) is 2.90. The van der Waals surface area contributed by atoms with Gasteiger partial charge in [0.15, 0.2) is 5.78 Å². The first-order valence-electron chi connectivity index (χ1n) is 12.6. The van der Waals surface area contributed by atoms with E-state index in [9.17, 15) is 17.6 Å². The van der Waals surface area contributed by atoms with Crippen LogP contribution in [0.15, 0.2) is 72.1 Å². The predicted molar refractivity (Wildman–Crippen MR) is 139 cm³/mol. The van der Waals surface area contributed by atoms with Crippen LogP contribution < -0.4 is 0 Å². The van der Waals surface area contributed by atoms with Crippen molar-refractivity contribution in [3.8, 4) is 5.69 Å². The molecule has 0 amide bonds. The van der Waals surface area contributed by atoms with E-state index in [2.05, 4.69) is 10.1 Å². The molecule has 1 unspecified atom stereocenters. The number of sulfonamides is 1.